The number of unbranched alkanes of at least 4 members (excludes halogenated alkanes) is 10. The molecule has 12 heteroatoms. The summed E-state index contributed by atoms with van der Waals surface area (Å²) >= 11 is 0. The summed E-state index contributed by atoms with van der Waals surface area (Å²) in [7, 11) is -4.66. The molecule has 0 aromatic rings. The van der Waals surface area contributed by atoms with Gasteiger partial charge in [0.05, 0.1) is 25.9 Å². The van der Waals surface area contributed by atoms with E-state index in [0.29, 0.717) is 25.7 Å². The van der Waals surface area contributed by atoms with Crippen molar-refractivity contribution in [2.75, 3.05) is 26.4 Å². The van der Waals surface area contributed by atoms with Crippen LogP contribution in [0.2, 0.25) is 0 Å². The summed E-state index contributed by atoms with van der Waals surface area (Å²) in [5.74, 6) is -1.07. The van der Waals surface area contributed by atoms with Gasteiger partial charge in [-0.25, -0.2) is 4.57 Å². The van der Waals surface area contributed by atoms with Gasteiger partial charge in [0.15, 0.2) is 6.10 Å². The summed E-state index contributed by atoms with van der Waals surface area (Å²) in [4.78, 5) is 35.0. The molecule has 60 heavy (non-hydrogen) atoms. The average molecular weight is 863 g/mol. The van der Waals surface area contributed by atoms with Gasteiger partial charge >= 0.3 is 19.8 Å². The van der Waals surface area contributed by atoms with Crippen molar-refractivity contribution in [1.82, 2.24) is 0 Å². The van der Waals surface area contributed by atoms with E-state index in [2.05, 4.69) is 54.8 Å². The van der Waals surface area contributed by atoms with Crippen molar-refractivity contribution < 1.29 is 52.9 Å². The van der Waals surface area contributed by atoms with Gasteiger partial charge in [-0.15, -0.1) is 0 Å². The molecule has 2 unspecified atom stereocenters. The number of allylic oxidation sites excluding steroid dienone is 14. The largest absolute Gasteiger partial charge is 0.472 e. The Morgan fingerprint density at radius 3 is 1.78 bits per heavy atom. The number of aliphatic hydroxyl groups excluding tert-OH is 3. The Bertz CT molecular complexity index is 1330. The fourth-order valence-electron chi connectivity index (χ4n) is 5.37. The first-order valence-electron chi connectivity index (χ1n) is 22.3. The molecule has 4 N–H and O–H groups in total. The first kappa shape index (κ1) is 56.9. The van der Waals surface area contributed by atoms with Gasteiger partial charge in [0.25, 0.3) is 0 Å². The number of carbonyl (C=O) groups is 2. The molecule has 4 atom stereocenters. The minimum Gasteiger partial charge on any atom is -0.462 e. The third kappa shape index (κ3) is 41.6. The molecule has 11 nitrogen and oxygen atoms in total. The highest BCUT2D eigenvalue weighted by Crippen LogP contribution is 2.43. The van der Waals surface area contributed by atoms with Crippen LogP contribution in [0.25, 0.3) is 0 Å². The summed E-state index contributed by atoms with van der Waals surface area (Å²) in [5, 5.41) is 28.3. The van der Waals surface area contributed by atoms with Crippen molar-refractivity contribution >= 4 is 19.8 Å². The highest BCUT2D eigenvalue weighted by atomic mass is 31.2. The van der Waals surface area contributed by atoms with Gasteiger partial charge in [-0.3, -0.25) is 18.6 Å². The third-order valence-corrected chi connectivity index (χ3v) is 9.77. The lowest BCUT2D eigenvalue weighted by Gasteiger charge is -2.20. The van der Waals surface area contributed by atoms with Crippen LogP contribution in [0.3, 0.4) is 0 Å². The second-order valence-corrected chi connectivity index (χ2v) is 16.0. The Kier molecular flexibility index (Phi) is 40.3. The normalized spacial score (nSPS) is 15.2. The molecule has 0 heterocycles. The minimum absolute atomic E-state index is 0.0286. The molecule has 0 rings (SSSR count). The molecule has 0 aliphatic heterocycles. The van der Waals surface area contributed by atoms with E-state index in [0.717, 1.165) is 57.8 Å². The zero-order valence-corrected chi connectivity index (χ0v) is 37.6. The van der Waals surface area contributed by atoms with Crippen LogP contribution in [0, 0.1) is 0 Å². The van der Waals surface area contributed by atoms with Crippen LogP contribution < -0.4 is 0 Å². The number of phosphoric ester groups is 1. The number of aliphatic hydroxyl groups is 3. The minimum atomic E-state index is -4.66. The molecule has 0 bridgehead atoms. The first-order chi connectivity index (χ1) is 29.1. The molecule has 342 valence electrons. The topological polar surface area (TPSA) is 169 Å². The maximum atomic E-state index is 12.6. The van der Waals surface area contributed by atoms with Gasteiger partial charge in [-0.1, -0.05) is 156 Å². The number of hydrogen-bond donors (Lipinski definition) is 4. The van der Waals surface area contributed by atoms with Crippen LogP contribution >= 0.6 is 7.82 Å². The Morgan fingerprint density at radius 2 is 1.13 bits per heavy atom. The maximum absolute atomic E-state index is 12.6. The second-order valence-electron chi connectivity index (χ2n) is 14.5. The van der Waals surface area contributed by atoms with Gasteiger partial charge in [0.1, 0.15) is 12.7 Å². The summed E-state index contributed by atoms with van der Waals surface area (Å²) in [6.07, 6.45) is 48.4. The van der Waals surface area contributed by atoms with E-state index in [1.165, 1.54) is 38.5 Å². The number of phosphoric acid groups is 1. The lowest BCUT2D eigenvalue weighted by Crippen LogP contribution is -2.29. The molecular formula is C48H79O11P. The summed E-state index contributed by atoms with van der Waals surface area (Å²) in [5.41, 5.74) is 0. The van der Waals surface area contributed by atoms with E-state index in [-0.39, 0.29) is 19.4 Å². The lowest BCUT2D eigenvalue weighted by molar-refractivity contribution is -0.161. The van der Waals surface area contributed by atoms with Crippen LogP contribution in [0.1, 0.15) is 149 Å². The standard InChI is InChI=1S/C48H79O11P/c1-3-5-7-9-11-12-13-14-15-16-17-18-19-23-26-30-34-38-47(52)56-42-46(43-58-60(54,55)57-41-45(51)40-49)59-48(53)39-35-31-27-24-21-20-22-25-29-33-37-44(50)36-32-28-10-8-6-4-2/h6,8,11-12,14-15,20-21,25,27-29,31-33,37,44-46,49-51H,3-5,7,9-10,13,16-19,22-24,26,30,34-36,38-43H2,1-2H3,(H,54,55)/b8-6-,12-11-,15-14-,21-20-,29-25-,31-27-,32-28-,37-33+/t44?,45-,46+/m0/s1. The molecule has 0 aliphatic carbocycles. The maximum Gasteiger partial charge on any atom is 0.472 e. The average Bonchev–Trinajstić information content (AvgIpc) is 3.23. The van der Waals surface area contributed by atoms with E-state index >= 15 is 0 Å². The second kappa shape index (κ2) is 42.5. The van der Waals surface area contributed by atoms with Crippen molar-refractivity contribution in [3.8, 4) is 0 Å². The van der Waals surface area contributed by atoms with Crippen molar-refractivity contribution in [3.05, 3.63) is 97.2 Å². The highest BCUT2D eigenvalue weighted by Gasteiger charge is 2.27. The Hall–Kier alpha value is -3.15. The van der Waals surface area contributed by atoms with Crippen LogP contribution in [-0.2, 0) is 32.7 Å². The number of rotatable bonds is 40. The highest BCUT2D eigenvalue weighted by molar-refractivity contribution is 7.47. The lowest BCUT2D eigenvalue weighted by atomic mass is 10.1. The van der Waals surface area contributed by atoms with Crippen molar-refractivity contribution in [1.29, 1.82) is 0 Å². The fraction of sp³-hybridized carbons (Fsp3) is 0.625. The van der Waals surface area contributed by atoms with Crippen molar-refractivity contribution in [2.45, 2.75) is 167 Å². The monoisotopic (exact) mass is 863 g/mol. The van der Waals surface area contributed by atoms with Crippen LogP contribution in [-0.4, -0.2) is 76.9 Å². The SMILES string of the molecule is CC/C=C\C/C=C\CC(O)/C=C/C=C\C/C=C\C/C=C\CCC(=O)O[C@H](COC(=O)CCCCCCCCC/C=C\C/C=C\CCCCC)COP(=O)(O)OC[C@@H](O)CO. The molecule has 0 fully saturated rings. The van der Waals surface area contributed by atoms with Crippen molar-refractivity contribution in [2.24, 2.45) is 0 Å². The van der Waals surface area contributed by atoms with E-state index in [9.17, 15) is 29.3 Å². The summed E-state index contributed by atoms with van der Waals surface area (Å²) in [6.45, 7) is 2.04. The Morgan fingerprint density at radius 1 is 0.583 bits per heavy atom. The summed E-state index contributed by atoms with van der Waals surface area (Å²) < 4.78 is 32.6. The van der Waals surface area contributed by atoms with E-state index in [1.807, 2.05) is 54.7 Å². The van der Waals surface area contributed by atoms with Gasteiger partial charge in [0.2, 0.25) is 0 Å². The van der Waals surface area contributed by atoms with E-state index < -0.39 is 57.9 Å². The molecule has 0 saturated heterocycles. The predicted molar refractivity (Wildman–Crippen MR) is 243 cm³/mol. The number of ether oxygens (including phenoxy) is 2. The fourth-order valence-corrected chi connectivity index (χ4v) is 6.16. The van der Waals surface area contributed by atoms with Crippen LogP contribution in [0.15, 0.2) is 97.2 Å². The zero-order valence-electron chi connectivity index (χ0n) is 36.7. The van der Waals surface area contributed by atoms with Gasteiger partial charge in [-0.05, 0) is 77.0 Å². The third-order valence-electron chi connectivity index (χ3n) is 8.82. The molecular weight excluding hydrogens is 783 g/mol. The molecule has 0 aromatic carbocycles. The zero-order chi connectivity index (χ0) is 44.2. The molecule has 0 spiro atoms. The number of carbonyl (C=O) groups excluding carboxylic acids is 2. The quantitative estimate of drug-likeness (QED) is 0.0152. The van der Waals surface area contributed by atoms with E-state index in [1.54, 1.807) is 6.08 Å². The number of esters is 2. The Labute approximate surface area is 362 Å². The molecule has 0 radical (unpaired) electrons. The predicted octanol–water partition coefficient (Wildman–Crippen LogP) is 11.0. The molecule has 0 aliphatic rings. The van der Waals surface area contributed by atoms with Crippen LogP contribution in [0.5, 0.6) is 0 Å². The first-order valence-corrected chi connectivity index (χ1v) is 23.8. The van der Waals surface area contributed by atoms with E-state index in [4.69, 9.17) is 19.1 Å². The molecule has 0 amide bonds. The van der Waals surface area contributed by atoms with Gasteiger partial charge in [-0.2, -0.15) is 0 Å². The van der Waals surface area contributed by atoms with Gasteiger partial charge in [0, 0.05) is 12.8 Å². The molecule has 0 saturated carbocycles. The smallest absolute Gasteiger partial charge is 0.462 e. The van der Waals surface area contributed by atoms with Crippen LogP contribution in [0.4, 0.5) is 0 Å². The Balaban J connectivity index is 4.50. The summed E-state index contributed by atoms with van der Waals surface area (Å²) in [6, 6.07) is 0. The van der Waals surface area contributed by atoms with Gasteiger partial charge < -0.3 is 29.7 Å². The van der Waals surface area contributed by atoms with Crippen molar-refractivity contribution in [3.63, 3.8) is 0 Å². The number of hydrogen-bond acceptors (Lipinski definition) is 10. The molecule has 0 aromatic heterocycles.